The molecule has 2 N–H and O–H groups in total. The summed E-state index contributed by atoms with van der Waals surface area (Å²) in [4.78, 5) is 6.58. The Morgan fingerprint density at radius 3 is 3.12 bits per heavy atom. The van der Waals surface area contributed by atoms with Crippen molar-refractivity contribution in [1.29, 1.82) is 0 Å². The molecule has 17 heavy (non-hydrogen) atoms. The number of nitrogens with two attached hydrogens (primary N) is 1. The van der Waals surface area contributed by atoms with E-state index in [2.05, 4.69) is 23.7 Å². The standard InChI is InChI=1S/C13H21N3O/c1-3-7-16-8-12(17-9-10(16)2)11-5-4-6-15-13(11)14/h4-6,10,12H,3,7-9H2,1-2H3,(H2,14,15)/t10-,12?/m1/s1. The largest absolute Gasteiger partial charge is 0.383 e. The molecule has 0 aliphatic carbocycles. The maximum Gasteiger partial charge on any atom is 0.129 e. The van der Waals surface area contributed by atoms with Crippen molar-refractivity contribution in [2.75, 3.05) is 25.4 Å². The summed E-state index contributed by atoms with van der Waals surface area (Å²) in [5.41, 5.74) is 6.91. The number of nitrogen functional groups attached to an aromatic ring is 1. The second kappa shape index (κ2) is 5.47. The van der Waals surface area contributed by atoms with E-state index in [1.54, 1.807) is 6.20 Å². The quantitative estimate of drug-likeness (QED) is 0.868. The van der Waals surface area contributed by atoms with E-state index in [-0.39, 0.29) is 6.10 Å². The number of ether oxygens (including phenoxy) is 1. The third-order valence-corrected chi connectivity index (χ3v) is 3.29. The molecular weight excluding hydrogens is 214 g/mol. The van der Waals surface area contributed by atoms with Crippen LogP contribution in [0.1, 0.15) is 31.9 Å². The molecule has 4 heteroatoms. The van der Waals surface area contributed by atoms with Crippen molar-refractivity contribution < 1.29 is 4.74 Å². The molecule has 1 aromatic rings. The highest BCUT2D eigenvalue weighted by atomic mass is 16.5. The van der Waals surface area contributed by atoms with E-state index in [4.69, 9.17) is 10.5 Å². The van der Waals surface area contributed by atoms with Crippen molar-refractivity contribution >= 4 is 5.82 Å². The average Bonchev–Trinajstić information content (AvgIpc) is 2.33. The molecule has 2 rings (SSSR count). The summed E-state index contributed by atoms with van der Waals surface area (Å²) in [5.74, 6) is 0.587. The molecule has 0 spiro atoms. The van der Waals surface area contributed by atoms with Crippen molar-refractivity contribution in [3.8, 4) is 0 Å². The van der Waals surface area contributed by atoms with Gasteiger partial charge in [0.2, 0.25) is 0 Å². The van der Waals surface area contributed by atoms with Crippen LogP contribution in [0.4, 0.5) is 5.82 Å². The van der Waals surface area contributed by atoms with E-state index in [9.17, 15) is 0 Å². The SMILES string of the molecule is CCCN1CC(c2cccnc2N)OC[C@H]1C. The zero-order valence-electron chi connectivity index (χ0n) is 10.6. The fourth-order valence-corrected chi connectivity index (χ4v) is 2.30. The maximum absolute atomic E-state index is 5.90. The van der Waals surface area contributed by atoms with Crippen molar-refractivity contribution in [2.24, 2.45) is 0 Å². The number of rotatable bonds is 3. The Balaban J connectivity index is 2.10. The lowest BCUT2D eigenvalue weighted by atomic mass is 10.1. The number of morpholine rings is 1. The average molecular weight is 235 g/mol. The number of hydrogen-bond donors (Lipinski definition) is 1. The van der Waals surface area contributed by atoms with Gasteiger partial charge in [-0.1, -0.05) is 13.0 Å². The van der Waals surface area contributed by atoms with Gasteiger partial charge in [-0.2, -0.15) is 0 Å². The van der Waals surface area contributed by atoms with Crippen LogP contribution < -0.4 is 5.73 Å². The summed E-state index contributed by atoms with van der Waals surface area (Å²) in [7, 11) is 0. The van der Waals surface area contributed by atoms with Gasteiger partial charge in [0.05, 0.1) is 12.7 Å². The Morgan fingerprint density at radius 1 is 1.59 bits per heavy atom. The van der Waals surface area contributed by atoms with Crippen LogP contribution in [0.3, 0.4) is 0 Å². The Kier molecular flexibility index (Phi) is 3.97. The van der Waals surface area contributed by atoms with E-state index in [1.165, 1.54) is 6.42 Å². The molecule has 1 aliphatic rings. The van der Waals surface area contributed by atoms with Crippen molar-refractivity contribution in [3.05, 3.63) is 23.9 Å². The second-order valence-corrected chi connectivity index (χ2v) is 4.64. The monoisotopic (exact) mass is 235 g/mol. The summed E-state index contributed by atoms with van der Waals surface area (Å²) in [6, 6.07) is 4.41. The molecule has 0 amide bonds. The third kappa shape index (κ3) is 2.76. The number of aromatic nitrogens is 1. The molecule has 1 unspecified atom stereocenters. The molecule has 1 saturated heterocycles. The van der Waals surface area contributed by atoms with Crippen LogP contribution in [0.15, 0.2) is 18.3 Å². The number of anilines is 1. The summed E-state index contributed by atoms with van der Waals surface area (Å²) >= 11 is 0. The first kappa shape index (κ1) is 12.3. The van der Waals surface area contributed by atoms with Gasteiger partial charge in [-0.05, 0) is 26.0 Å². The topological polar surface area (TPSA) is 51.4 Å². The van der Waals surface area contributed by atoms with Gasteiger partial charge in [-0.3, -0.25) is 4.90 Å². The van der Waals surface area contributed by atoms with Crippen LogP contribution >= 0.6 is 0 Å². The first-order valence-electron chi connectivity index (χ1n) is 6.28. The molecular formula is C13H21N3O. The fourth-order valence-electron chi connectivity index (χ4n) is 2.30. The van der Waals surface area contributed by atoms with Gasteiger partial charge in [0, 0.05) is 24.3 Å². The number of hydrogen-bond acceptors (Lipinski definition) is 4. The van der Waals surface area contributed by atoms with Crippen LogP contribution in [-0.2, 0) is 4.74 Å². The zero-order valence-corrected chi connectivity index (χ0v) is 10.6. The van der Waals surface area contributed by atoms with Crippen LogP contribution in [0, 0.1) is 0 Å². The van der Waals surface area contributed by atoms with Crippen molar-refractivity contribution in [3.63, 3.8) is 0 Å². The highest BCUT2D eigenvalue weighted by molar-refractivity contribution is 5.40. The van der Waals surface area contributed by atoms with E-state index in [0.29, 0.717) is 11.9 Å². The normalized spacial score (nSPS) is 26.0. The summed E-state index contributed by atoms with van der Waals surface area (Å²) in [6.45, 7) is 7.19. The molecule has 0 bridgehead atoms. The lowest BCUT2D eigenvalue weighted by Crippen LogP contribution is -2.45. The van der Waals surface area contributed by atoms with E-state index >= 15 is 0 Å². The van der Waals surface area contributed by atoms with E-state index in [1.807, 2.05) is 12.1 Å². The van der Waals surface area contributed by atoms with Gasteiger partial charge in [0.1, 0.15) is 5.82 Å². The minimum absolute atomic E-state index is 0.0615. The molecule has 1 fully saturated rings. The molecule has 0 radical (unpaired) electrons. The van der Waals surface area contributed by atoms with Gasteiger partial charge in [0.15, 0.2) is 0 Å². The predicted molar refractivity (Wildman–Crippen MR) is 68.7 cm³/mol. The summed E-state index contributed by atoms with van der Waals surface area (Å²) in [6.07, 6.45) is 2.94. The molecule has 1 aromatic heterocycles. The minimum atomic E-state index is 0.0615. The Morgan fingerprint density at radius 2 is 2.41 bits per heavy atom. The summed E-state index contributed by atoms with van der Waals surface area (Å²) in [5, 5.41) is 0. The molecule has 94 valence electrons. The predicted octanol–water partition coefficient (Wildman–Crippen LogP) is 1.84. The Hall–Kier alpha value is -1.13. The van der Waals surface area contributed by atoms with E-state index in [0.717, 1.165) is 25.3 Å². The molecule has 0 saturated carbocycles. The van der Waals surface area contributed by atoms with Gasteiger partial charge in [0.25, 0.3) is 0 Å². The first-order chi connectivity index (χ1) is 8.22. The summed E-state index contributed by atoms with van der Waals surface area (Å²) < 4.78 is 5.87. The van der Waals surface area contributed by atoms with Crippen LogP contribution in [0.2, 0.25) is 0 Å². The molecule has 1 aliphatic heterocycles. The van der Waals surface area contributed by atoms with Gasteiger partial charge in [-0.25, -0.2) is 4.98 Å². The lowest BCUT2D eigenvalue weighted by molar-refractivity contribution is -0.0595. The van der Waals surface area contributed by atoms with Crippen molar-refractivity contribution in [1.82, 2.24) is 9.88 Å². The first-order valence-corrected chi connectivity index (χ1v) is 6.28. The smallest absolute Gasteiger partial charge is 0.129 e. The number of pyridine rings is 1. The highest BCUT2D eigenvalue weighted by Gasteiger charge is 2.27. The maximum atomic E-state index is 5.90. The molecule has 4 nitrogen and oxygen atoms in total. The molecule has 2 heterocycles. The zero-order chi connectivity index (χ0) is 12.3. The Labute approximate surface area is 103 Å². The van der Waals surface area contributed by atoms with Gasteiger partial charge < -0.3 is 10.5 Å². The fraction of sp³-hybridized carbons (Fsp3) is 0.615. The van der Waals surface area contributed by atoms with Gasteiger partial charge >= 0.3 is 0 Å². The second-order valence-electron chi connectivity index (χ2n) is 4.64. The van der Waals surface area contributed by atoms with Crippen LogP contribution in [0.25, 0.3) is 0 Å². The highest BCUT2D eigenvalue weighted by Crippen LogP contribution is 2.27. The molecule has 0 aromatic carbocycles. The number of nitrogens with zero attached hydrogens (tertiary/aromatic N) is 2. The van der Waals surface area contributed by atoms with Crippen LogP contribution in [-0.4, -0.2) is 35.6 Å². The van der Waals surface area contributed by atoms with Gasteiger partial charge in [-0.15, -0.1) is 0 Å². The third-order valence-electron chi connectivity index (χ3n) is 3.29. The molecule has 2 atom stereocenters. The van der Waals surface area contributed by atoms with E-state index < -0.39 is 0 Å². The van der Waals surface area contributed by atoms with Crippen molar-refractivity contribution in [2.45, 2.75) is 32.4 Å². The lowest BCUT2D eigenvalue weighted by Gasteiger charge is -2.38. The Bertz CT molecular complexity index is 369. The minimum Gasteiger partial charge on any atom is -0.383 e. The van der Waals surface area contributed by atoms with Crippen LogP contribution in [0.5, 0.6) is 0 Å².